The van der Waals surface area contributed by atoms with Crippen molar-refractivity contribution < 1.29 is 0 Å². The fourth-order valence-electron chi connectivity index (χ4n) is 2.17. The third-order valence-corrected chi connectivity index (χ3v) is 4.27. The van der Waals surface area contributed by atoms with E-state index in [1.165, 1.54) is 5.56 Å². The Morgan fingerprint density at radius 3 is 2.71 bits per heavy atom. The second-order valence-electron chi connectivity index (χ2n) is 4.89. The molecule has 106 valence electrons. The van der Waals surface area contributed by atoms with Crippen LogP contribution in [-0.4, -0.2) is 9.78 Å². The van der Waals surface area contributed by atoms with Gasteiger partial charge in [0.15, 0.2) is 0 Å². The standard InChI is InChI=1S/C17H16BrN3/c1-13-16(18)8-5-9-17(13)19-10-14-11-20-21(12-14)15-6-3-2-4-7-15/h2-9,11-12,19H,10H2,1H3. The highest BCUT2D eigenvalue weighted by Crippen LogP contribution is 2.23. The molecule has 3 nitrogen and oxygen atoms in total. The van der Waals surface area contributed by atoms with E-state index in [1.54, 1.807) is 0 Å². The Balaban J connectivity index is 1.72. The number of anilines is 1. The van der Waals surface area contributed by atoms with E-state index < -0.39 is 0 Å². The Bertz CT molecular complexity index is 735. The van der Waals surface area contributed by atoms with Crippen LogP contribution in [-0.2, 0) is 6.54 Å². The monoisotopic (exact) mass is 341 g/mol. The van der Waals surface area contributed by atoms with Crippen LogP contribution in [0.25, 0.3) is 5.69 Å². The fourth-order valence-corrected chi connectivity index (χ4v) is 2.54. The maximum Gasteiger partial charge on any atom is 0.0645 e. The quantitative estimate of drug-likeness (QED) is 0.754. The Morgan fingerprint density at radius 1 is 1.10 bits per heavy atom. The van der Waals surface area contributed by atoms with Gasteiger partial charge in [-0.1, -0.05) is 40.2 Å². The molecule has 0 unspecified atom stereocenters. The van der Waals surface area contributed by atoms with Crippen LogP contribution in [0.3, 0.4) is 0 Å². The van der Waals surface area contributed by atoms with Gasteiger partial charge in [0, 0.05) is 28.5 Å². The largest absolute Gasteiger partial charge is 0.381 e. The molecule has 0 aliphatic heterocycles. The van der Waals surface area contributed by atoms with Crippen LogP contribution in [0.2, 0.25) is 0 Å². The first-order valence-corrected chi connectivity index (χ1v) is 7.61. The molecular weight excluding hydrogens is 326 g/mol. The molecule has 0 spiro atoms. The van der Waals surface area contributed by atoms with Crippen LogP contribution in [0, 0.1) is 6.92 Å². The highest BCUT2D eigenvalue weighted by Gasteiger charge is 2.03. The van der Waals surface area contributed by atoms with Crippen molar-refractivity contribution in [1.82, 2.24) is 9.78 Å². The van der Waals surface area contributed by atoms with E-state index in [9.17, 15) is 0 Å². The van der Waals surface area contributed by atoms with E-state index in [4.69, 9.17) is 0 Å². The molecule has 0 aliphatic carbocycles. The zero-order chi connectivity index (χ0) is 14.7. The molecule has 3 aromatic rings. The van der Waals surface area contributed by atoms with Gasteiger partial charge in [-0.05, 0) is 36.8 Å². The first kappa shape index (κ1) is 13.9. The van der Waals surface area contributed by atoms with Gasteiger partial charge in [-0.25, -0.2) is 4.68 Å². The molecule has 0 saturated heterocycles. The lowest BCUT2D eigenvalue weighted by atomic mass is 10.2. The van der Waals surface area contributed by atoms with Crippen molar-refractivity contribution in [3.63, 3.8) is 0 Å². The minimum Gasteiger partial charge on any atom is -0.381 e. The van der Waals surface area contributed by atoms with E-state index in [2.05, 4.69) is 45.5 Å². The molecule has 0 saturated carbocycles. The topological polar surface area (TPSA) is 29.9 Å². The second kappa shape index (κ2) is 6.14. The molecule has 0 radical (unpaired) electrons. The number of hydrogen-bond donors (Lipinski definition) is 1. The summed E-state index contributed by atoms with van der Waals surface area (Å²) in [5, 5.41) is 7.86. The first-order valence-electron chi connectivity index (χ1n) is 6.82. The number of hydrogen-bond acceptors (Lipinski definition) is 2. The molecule has 1 aromatic heterocycles. The van der Waals surface area contributed by atoms with Crippen LogP contribution in [0.15, 0.2) is 65.4 Å². The fraction of sp³-hybridized carbons (Fsp3) is 0.118. The maximum atomic E-state index is 4.41. The summed E-state index contributed by atoms with van der Waals surface area (Å²) >= 11 is 3.55. The van der Waals surface area contributed by atoms with Gasteiger partial charge in [-0.15, -0.1) is 0 Å². The number of para-hydroxylation sites is 1. The lowest BCUT2D eigenvalue weighted by Gasteiger charge is -2.09. The molecule has 1 heterocycles. The minimum absolute atomic E-state index is 0.754. The number of halogens is 1. The van der Waals surface area contributed by atoms with Crippen LogP contribution >= 0.6 is 15.9 Å². The summed E-state index contributed by atoms with van der Waals surface area (Å²) in [6, 6.07) is 16.3. The second-order valence-corrected chi connectivity index (χ2v) is 5.75. The third kappa shape index (κ3) is 3.16. The number of rotatable bonds is 4. The van der Waals surface area contributed by atoms with Crippen molar-refractivity contribution in [2.45, 2.75) is 13.5 Å². The molecule has 0 fully saturated rings. The van der Waals surface area contributed by atoms with E-state index in [0.717, 1.165) is 28.0 Å². The normalized spacial score (nSPS) is 10.6. The highest BCUT2D eigenvalue weighted by atomic mass is 79.9. The summed E-state index contributed by atoms with van der Waals surface area (Å²) < 4.78 is 3.01. The van der Waals surface area contributed by atoms with E-state index in [-0.39, 0.29) is 0 Å². The Kier molecular flexibility index (Phi) is 4.06. The lowest BCUT2D eigenvalue weighted by Crippen LogP contribution is -2.00. The molecule has 0 amide bonds. The summed E-state index contributed by atoms with van der Waals surface area (Å²) in [6.45, 7) is 2.85. The molecule has 0 aliphatic rings. The zero-order valence-electron chi connectivity index (χ0n) is 11.8. The number of nitrogens with zero attached hydrogens (tertiary/aromatic N) is 2. The van der Waals surface area contributed by atoms with Gasteiger partial charge >= 0.3 is 0 Å². The Morgan fingerprint density at radius 2 is 1.90 bits per heavy atom. The number of benzene rings is 2. The predicted octanol–water partition coefficient (Wildman–Crippen LogP) is 4.56. The maximum absolute atomic E-state index is 4.41. The zero-order valence-corrected chi connectivity index (χ0v) is 13.3. The summed E-state index contributed by atoms with van der Waals surface area (Å²) in [5.74, 6) is 0. The van der Waals surface area contributed by atoms with Crippen molar-refractivity contribution in [1.29, 1.82) is 0 Å². The van der Waals surface area contributed by atoms with Crippen LogP contribution < -0.4 is 5.32 Å². The van der Waals surface area contributed by atoms with Crippen molar-refractivity contribution >= 4 is 21.6 Å². The van der Waals surface area contributed by atoms with Gasteiger partial charge < -0.3 is 5.32 Å². The van der Waals surface area contributed by atoms with Gasteiger partial charge in [0.05, 0.1) is 11.9 Å². The van der Waals surface area contributed by atoms with E-state index in [1.807, 2.05) is 53.3 Å². The van der Waals surface area contributed by atoms with Gasteiger partial charge in [-0.2, -0.15) is 5.10 Å². The summed E-state index contributed by atoms with van der Waals surface area (Å²) in [4.78, 5) is 0. The summed E-state index contributed by atoms with van der Waals surface area (Å²) in [5.41, 5.74) is 4.57. The van der Waals surface area contributed by atoms with E-state index in [0.29, 0.717) is 0 Å². The molecule has 4 heteroatoms. The Labute approximate surface area is 132 Å². The van der Waals surface area contributed by atoms with Crippen molar-refractivity contribution in [2.75, 3.05) is 5.32 Å². The minimum atomic E-state index is 0.754. The van der Waals surface area contributed by atoms with Crippen molar-refractivity contribution in [3.05, 3.63) is 76.5 Å². The van der Waals surface area contributed by atoms with Crippen molar-refractivity contribution in [3.8, 4) is 5.69 Å². The van der Waals surface area contributed by atoms with Gasteiger partial charge in [-0.3, -0.25) is 0 Å². The smallest absolute Gasteiger partial charge is 0.0645 e. The average molecular weight is 342 g/mol. The van der Waals surface area contributed by atoms with E-state index >= 15 is 0 Å². The van der Waals surface area contributed by atoms with Crippen LogP contribution in [0.1, 0.15) is 11.1 Å². The van der Waals surface area contributed by atoms with Gasteiger partial charge in [0.1, 0.15) is 0 Å². The lowest BCUT2D eigenvalue weighted by molar-refractivity contribution is 0.880. The highest BCUT2D eigenvalue weighted by molar-refractivity contribution is 9.10. The summed E-state index contributed by atoms with van der Waals surface area (Å²) in [6.07, 6.45) is 3.95. The molecular formula is C17H16BrN3. The summed E-state index contributed by atoms with van der Waals surface area (Å²) in [7, 11) is 0. The number of nitrogens with one attached hydrogen (secondary N) is 1. The molecule has 0 atom stereocenters. The van der Waals surface area contributed by atoms with Crippen molar-refractivity contribution in [2.24, 2.45) is 0 Å². The SMILES string of the molecule is Cc1c(Br)cccc1NCc1cnn(-c2ccccc2)c1. The van der Waals surface area contributed by atoms with Gasteiger partial charge in [0.25, 0.3) is 0 Å². The van der Waals surface area contributed by atoms with Crippen LogP contribution in [0.4, 0.5) is 5.69 Å². The molecule has 1 N–H and O–H groups in total. The molecule has 3 rings (SSSR count). The predicted molar refractivity (Wildman–Crippen MR) is 89.8 cm³/mol. The Hall–Kier alpha value is -2.07. The van der Waals surface area contributed by atoms with Crippen LogP contribution in [0.5, 0.6) is 0 Å². The molecule has 2 aromatic carbocycles. The first-order chi connectivity index (χ1) is 10.2. The number of aromatic nitrogens is 2. The van der Waals surface area contributed by atoms with Gasteiger partial charge in [0.2, 0.25) is 0 Å². The third-order valence-electron chi connectivity index (χ3n) is 3.41. The molecule has 0 bridgehead atoms. The molecule has 21 heavy (non-hydrogen) atoms. The average Bonchev–Trinajstić information content (AvgIpc) is 2.99.